The van der Waals surface area contributed by atoms with Gasteiger partial charge >= 0.3 is 11.9 Å². The number of thiophene rings is 1. The summed E-state index contributed by atoms with van der Waals surface area (Å²) in [7, 11) is 0. The van der Waals surface area contributed by atoms with E-state index in [0.29, 0.717) is 17.0 Å². The quantitative estimate of drug-likeness (QED) is 0.726. The Morgan fingerprint density at radius 2 is 1.96 bits per heavy atom. The summed E-state index contributed by atoms with van der Waals surface area (Å²) < 4.78 is 10.0. The lowest BCUT2D eigenvalue weighted by atomic mass is 10.1. The standard InChI is InChI=1S/C17H23NO5S/c1-3-5-9-14(20)23-10-13(19)18-16-15(17(21)22-4-2)11-7-6-8-12(11)24-16/h3-10H2,1-2H3,(H,18,19). The number of carbonyl (C=O) groups is 3. The van der Waals surface area contributed by atoms with Crippen molar-refractivity contribution in [1.29, 1.82) is 0 Å². The monoisotopic (exact) mass is 353 g/mol. The fraction of sp³-hybridized carbons (Fsp3) is 0.588. The van der Waals surface area contributed by atoms with Crippen LogP contribution in [0, 0.1) is 0 Å². The van der Waals surface area contributed by atoms with Crippen molar-refractivity contribution in [2.24, 2.45) is 0 Å². The largest absolute Gasteiger partial charge is 0.462 e. The van der Waals surface area contributed by atoms with Gasteiger partial charge in [-0.1, -0.05) is 13.3 Å². The number of amides is 1. The zero-order valence-corrected chi connectivity index (χ0v) is 14.9. The molecule has 1 aromatic heterocycles. The maximum atomic E-state index is 12.2. The summed E-state index contributed by atoms with van der Waals surface area (Å²) in [6.07, 6.45) is 4.69. The Morgan fingerprint density at radius 3 is 2.67 bits per heavy atom. The lowest BCUT2D eigenvalue weighted by Gasteiger charge is -2.08. The summed E-state index contributed by atoms with van der Waals surface area (Å²) in [5.41, 5.74) is 1.44. The van der Waals surface area contributed by atoms with E-state index in [1.165, 1.54) is 11.3 Å². The molecular weight excluding hydrogens is 330 g/mol. The topological polar surface area (TPSA) is 81.7 Å². The predicted molar refractivity (Wildman–Crippen MR) is 91.4 cm³/mol. The van der Waals surface area contributed by atoms with Crippen molar-refractivity contribution in [3.8, 4) is 0 Å². The van der Waals surface area contributed by atoms with Crippen LogP contribution >= 0.6 is 11.3 Å². The fourth-order valence-corrected chi connectivity index (χ4v) is 3.91. The molecular formula is C17H23NO5S. The van der Waals surface area contributed by atoms with Crippen molar-refractivity contribution in [2.75, 3.05) is 18.5 Å². The van der Waals surface area contributed by atoms with Crippen LogP contribution in [0.4, 0.5) is 5.00 Å². The molecule has 0 radical (unpaired) electrons. The predicted octanol–water partition coefficient (Wildman–Crippen LogP) is 3.09. The zero-order chi connectivity index (χ0) is 17.5. The fourth-order valence-electron chi connectivity index (χ4n) is 2.61. The van der Waals surface area contributed by atoms with Crippen molar-refractivity contribution in [3.05, 3.63) is 16.0 Å². The highest BCUT2D eigenvalue weighted by Crippen LogP contribution is 2.39. The van der Waals surface area contributed by atoms with E-state index in [1.807, 2.05) is 6.92 Å². The van der Waals surface area contributed by atoms with Gasteiger partial charge in [-0.2, -0.15) is 0 Å². The lowest BCUT2D eigenvalue weighted by Crippen LogP contribution is -2.21. The first-order valence-electron chi connectivity index (χ1n) is 8.33. The van der Waals surface area contributed by atoms with Crippen molar-refractivity contribution >= 4 is 34.2 Å². The van der Waals surface area contributed by atoms with E-state index in [-0.39, 0.29) is 19.2 Å². The second-order valence-corrected chi connectivity index (χ2v) is 6.70. The molecule has 1 aliphatic carbocycles. The Hall–Kier alpha value is -1.89. The molecule has 7 heteroatoms. The summed E-state index contributed by atoms with van der Waals surface area (Å²) in [4.78, 5) is 36.8. The van der Waals surface area contributed by atoms with Gasteiger partial charge in [-0.15, -0.1) is 11.3 Å². The third kappa shape index (κ3) is 4.56. The van der Waals surface area contributed by atoms with Crippen molar-refractivity contribution in [3.63, 3.8) is 0 Å². The molecule has 0 unspecified atom stereocenters. The average Bonchev–Trinajstić information content (AvgIpc) is 3.11. The normalized spacial score (nSPS) is 12.6. The molecule has 0 atom stereocenters. The minimum absolute atomic E-state index is 0.284. The molecule has 0 saturated heterocycles. The van der Waals surface area contributed by atoms with E-state index in [9.17, 15) is 14.4 Å². The highest BCUT2D eigenvalue weighted by molar-refractivity contribution is 7.17. The third-order valence-corrected chi connectivity index (χ3v) is 4.96. The molecule has 24 heavy (non-hydrogen) atoms. The minimum atomic E-state index is -0.440. The smallest absolute Gasteiger partial charge is 0.341 e. The number of rotatable bonds is 8. The Morgan fingerprint density at radius 1 is 1.17 bits per heavy atom. The molecule has 0 aromatic carbocycles. The van der Waals surface area contributed by atoms with Crippen molar-refractivity contribution in [2.45, 2.75) is 52.4 Å². The molecule has 132 valence electrons. The van der Waals surface area contributed by atoms with Gasteiger partial charge < -0.3 is 14.8 Å². The first kappa shape index (κ1) is 18.4. The first-order valence-corrected chi connectivity index (χ1v) is 9.15. The second kappa shape index (κ2) is 8.82. The molecule has 0 aliphatic heterocycles. The Bertz CT molecular complexity index is 623. The van der Waals surface area contributed by atoms with Gasteiger partial charge in [0.15, 0.2) is 6.61 Å². The summed E-state index contributed by atoms with van der Waals surface area (Å²) in [6, 6.07) is 0. The van der Waals surface area contributed by atoms with E-state index in [2.05, 4.69) is 5.32 Å². The molecule has 0 bridgehead atoms. The molecule has 6 nitrogen and oxygen atoms in total. The van der Waals surface area contributed by atoms with Gasteiger partial charge in [0.25, 0.3) is 5.91 Å². The van der Waals surface area contributed by atoms with E-state index >= 15 is 0 Å². The van der Waals surface area contributed by atoms with Gasteiger partial charge in [0, 0.05) is 11.3 Å². The van der Waals surface area contributed by atoms with Crippen LogP contribution in [0.1, 0.15) is 60.3 Å². The van der Waals surface area contributed by atoms with E-state index in [0.717, 1.165) is 42.5 Å². The minimum Gasteiger partial charge on any atom is -0.462 e. The van der Waals surface area contributed by atoms with Crippen LogP contribution in [0.5, 0.6) is 0 Å². The van der Waals surface area contributed by atoms with Crippen LogP contribution in [0.15, 0.2) is 0 Å². The molecule has 1 aromatic rings. The number of ether oxygens (including phenoxy) is 2. The molecule has 1 heterocycles. The highest BCUT2D eigenvalue weighted by atomic mass is 32.1. The van der Waals surface area contributed by atoms with Crippen LogP contribution in [-0.4, -0.2) is 31.1 Å². The Labute approximate surface area is 145 Å². The summed E-state index contributed by atoms with van der Waals surface area (Å²) >= 11 is 1.41. The maximum Gasteiger partial charge on any atom is 0.341 e. The van der Waals surface area contributed by atoms with Crippen LogP contribution in [-0.2, 0) is 31.9 Å². The summed E-state index contributed by atoms with van der Waals surface area (Å²) in [6.45, 7) is 3.67. The second-order valence-electron chi connectivity index (χ2n) is 5.59. The summed E-state index contributed by atoms with van der Waals surface area (Å²) in [5.74, 6) is -1.23. The number of nitrogens with one attached hydrogen (secondary N) is 1. The molecule has 1 N–H and O–H groups in total. The number of aryl methyl sites for hydroxylation is 1. The Kier molecular flexibility index (Phi) is 6.78. The molecule has 0 saturated carbocycles. The van der Waals surface area contributed by atoms with Crippen LogP contribution < -0.4 is 5.32 Å². The Balaban J connectivity index is 2.00. The van der Waals surface area contributed by atoms with E-state index < -0.39 is 11.9 Å². The van der Waals surface area contributed by atoms with Crippen molar-refractivity contribution < 1.29 is 23.9 Å². The van der Waals surface area contributed by atoms with Crippen LogP contribution in [0.25, 0.3) is 0 Å². The van der Waals surface area contributed by atoms with Gasteiger partial charge in [-0.05, 0) is 38.2 Å². The number of hydrogen-bond donors (Lipinski definition) is 1. The molecule has 0 fully saturated rings. The van der Waals surface area contributed by atoms with Gasteiger partial charge in [0.05, 0.1) is 12.2 Å². The lowest BCUT2D eigenvalue weighted by molar-refractivity contribution is -0.147. The number of hydrogen-bond acceptors (Lipinski definition) is 6. The summed E-state index contributed by atoms with van der Waals surface area (Å²) in [5, 5.41) is 3.19. The molecule has 2 rings (SSSR count). The number of esters is 2. The molecule has 1 aliphatic rings. The van der Waals surface area contributed by atoms with Crippen LogP contribution in [0.2, 0.25) is 0 Å². The number of unbranched alkanes of at least 4 members (excludes halogenated alkanes) is 1. The SMILES string of the molecule is CCCCC(=O)OCC(=O)Nc1sc2c(c1C(=O)OCC)CCC2. The van der Waals surface area contributed by atoms with Gasteiger partial charge in [-0.25, -0.2) is 4.79 Å². The number of fused-ring (bicyclic) bond motifs is 1. The van der Waals surface area contributed by atoms with Gasteiger partial charge in [0.2, 0.25) is 0 Å². The average molecular weight is 353 g/mol. The van der Waals surface area contributed by atoms with Crippen LogP contribution in [0.3, 0.4) is 0 Å². The van der Waals surface area contributed by atoms with E-state index in [1.54, 1.807) is 6.92 Å². The highest BCUT2D eigenvalue weighted by Gasteiger charge is 2.28. The number of anilines is 1. The molecule has 1 amide bonds. The van der Waals surface area contributed by atoms with Crippen molar-refractivity contribution in [1.82, 2.24) is 0 Å². The maximum absolute atomic E-state index is 12.2. The third-order valence-electron chi connectivity index (χ3n) is 3.75. The molecule has 0 spiro atoms. The van der Waals surface area contributed by atoms with Gasteiger partial charge in [-0.3, -0.25) is 9.59 Å². The first-order chi connectivity index (χ1) is 11.6. The van der Waals surface area contributed by atoms with Gasteiger partial charge in [0.1, 0.15) is 5.00 Å². The van der Waals surface area contributed by atoms with E-state index in [4.69, 9.17) is 9.47 Å². The number of carbonyl (C=O) groups excluding carboxylic acids is 3. The zero-order valence-electron chi connectivity index (χ0n) is 14.1.